The number of nitrogens with one attached hydrogen (secondary N) is 1. The summed E-state index contributed by atoms with van der Waals surface area (Å²) in [5.74, 6) is 0. The fraction of sp³-hybridized carbons (Fsp3) is 0.571. The van der Waals surface area contributed by atoms with Crippen LogP contribution in [-0.4, -0.2) is 25.0 Å². The molecule has 0 radical (unpaired) electrons. The van der Waals surface area contributed by atoms with Crippen LogP contribution in [0.4, 0.5) is 0 Å². The molecule has 1 N–H and O–H groups in total. The van der Waals surface area contributed by atoms with Crippen LogP contribution in [0.5, 0.6) is 0 Å². The predicted molar refractivity (Wildman–Crippen MR) is 70.4 cm³/mol. The average molecular weight is 220 g/mol. The molecule has 1 aromatic carbocycles. The summed E-state index contributed by atoms with van der Waals surface area (Å²) >= 11 is 0. The maximum absolute atomic E-state index is 3.39. The lowest BCUT2D eigenvalue weighted by Gasteiger charge is -2.18. The van der Waals surface area contributed by atoms with Gasteiger partial charge in [-0.2, -0.15) is 0 Å². The monoisotopic (exact) mass is 220 g/mol. The lowest BCUT2D eigenvalue weighted by molar-refractivity contribution is 0.326. The van der Waals surface area contributed by atoms with Gasteiger partial charge in [0, 0.05) is 13.1 Å². The summed E-state index contributed by atoms with van der Waals surface area (Å²) in [7, 11) is 2.19. The van der Waals surface area contributed by atoms with Gasteiger partial charge in [0.1, 0.15) is 0 Å². The summed E-state index contributed by atoms with van der Waals surface area (Å²) in [6.45, 7) is 8.59. The van der Waals surface area contributed by atoms with Gasteiger partial charge < -0.3 is 10.2 Å². The third-order valence-electron chi connectivity index (χ3n) is 2.73. The quantitative estimate of drug-likeness (QED) is 0.760. The van der Waals surface area contributed by atoms with Crippen LogP contribution >= 0.6 is 0 Å². The summed E-state index contributed by atoms with van der Waals surface area (Å²) in [4.78, 5) is 2.38. The average Bonchev–Trinajstić information content (AvgIpc) is 2.28. The van der Waals surface area contributed by atoms with E-state index in [1.165, 1.54) is 17.5 Å². The smallest absolute Gasteiger partial charge is 0.0233 e. The van der Waals surface area contributed by atoms with Crippen molar-refractivity contribution in [2.45, 2.75) is 33.4 Å². The molecule has 0 spiro atoms. The van der Waals surface area contributed by atoms with Gasteiger partial charge in [-0.3, -0.25) is 0 Å². The van der Waals surface area contributed by atoms with Crippen LogP contribution in [0.2, 0.25) is 0 Å². The zero-order valence-electron chi connectivity index (χ0n) is 10.8. The number of hydrogen-bond donors (Lipinski definition) is 1. The molecule has 0 atom stereocenters. The summed E-state index contributed by atoms with van der Waals surface area (Å²) in [6, 6.07) is 8.71. The van der Waals surface area contributed by atoms with Crippen molar-refractivity contribution in [1.82, 2.24) is 10.2 Å². The molecule has 0 aromatic heterocycles. The van der Waals surface area contributed by atoms with Gasteiger partial charge in [0.2, 0.25) is 0 Å². The van der Waals surface area contributed by atoms with E-state index in [0.717, 1.165) is 26.2 Å². The minimum atomic E-state index is 0.979. The van der Waals surface area contributed by atoms with Crippen molar-refractivity contribution in [3.05, 3.63) is 35.4 Å². The minimum absolute atomic E-state index is 0.979. The Balaban J connectivity index is 2.62. The standard InChI is InChI=1S/C14H24N2/c1-4-10-16(3)12-14-9-7-6-8-13(14)11-15-5-2/h6-9,15H,4-5,10-12H2,1-3H3. The van der Waals surface area contributed by atoms with Gasteiger partial charge in [0.25, 0.3) is 0 Å². The van der Waals surface area contributed by atoms with Crippen LogP contribution in [0.15, 0.2) is 24.3 Å². The molecule has 0 fully saturated rings. The van der Waals surface area contributed by atoms with Crippen molar-refractivity contribution in [2.24, 2.45) is 0 Å². The van der Waals surface area contributed by atoms with Crippen molar-refractivity contribution in [3.8, 4) is 0 Å². The molecule has 0 aliphatic carbocycles. The molecule has 2 nitrogen and oxygen atoms in total. The van der Waals surface area contributed by atoms with Gasteiger partial charge >= 0.3 is 0 Å². The van der Waals surface area contributed by atoms with Crippen LogP contribution in [0.1, 0.15) is 31.4 Å². The molecule has 0 unspecified atom stereocenters. The molecule has 0 aliphatic rings. The number of nitrogens with zero attached hydrogens (tertiary/aromatic N) is 1. The van der Waals surface area contributed by atoms with Crippen molar-refractivity contribution >= 4 is 0 Å². The molecule has 16 heavy (non-hydrogen) atoms. The number of benzene rings is 1. The minimum Gasteiger partial charge on any atom is -0.313 e. The highest BCUT2D eigenvalue weighted by Gasteiger charge is 2.03. The van der Waals surface area contributed by atoms with Crippen molar-refractivity contribution in [1.29, 1.82) is 0 Å². The highest BCUT2D eigenvalue weighted by Crippen LogP contribution is 2.11. The van der Waals surface area contributed by atoms with E-state index in [1.54, 1.807) is 0 Å². The van der Waals surface area contributed by atoms with E-state index < -0.39 is 0 Å². The van der Waals surface area contributed by atoms with Gasteiger partial charge in [0.05, 0.1) is 0 Å². The Kier molecular flexibility index (Phi) is 6.12. The molecule has 0 saturated heterocycles. The van der Waals surface area contributed by atoms with Crippen LogP contribution in [0, 0.1) is 0 Å². The molecule has 1 aromatic rings. The van der Waals surface area contributed by atoms with Crippen LogP contribution < -0.4 is 5.32 Å². The van der Waals surface area contributed by atoms with Gasteiger partial charge in [0.15, 0.2) is 0 Å². The molecule has 1 rings (SSSR count). The molecule has 0 bridgehead atoms. The van der Waals surface area contributed by atoms with Crippen LogP contribution in [0.3, 0.4) is 0 Å². The van der Waals surface area contributed by atoms with Crippen molar-refractivity contribution < 1.29 is 0 Å². The SMILES string of the molecule is CCCN(C)Cc1ccccc1CNCC. The lowest BCUT2D eigenvalue weighted by Crippen LogP contribution is -2.21. The molecule has 0 aliphatic heterocycles. The number of rotatable bonds is 7. The fourth-order valence-corrected chi connectivity index (χ4v) is 1.90. The molecule has 0 saturated carbocycles. The third kappa shape index (κ3) is 4.33. The fourth-order valence-electron chi connectivity index (χ4n) is 1.90. The first kappa shape index (κ1) is 13.2. The van der Waals surface area contributed by atoms with Crippen LogP contribution in [0.25, 0.3) is 0 Å². The first-order valence-electron chi connectivity index (χ1n) is 6.24. The summed E-state index contributed by atoms with van der Waals surface area (Å²) < 4.78 is 0. The first-order valence-corrected chi connectivity index (χ1v) is 6.24. The van der Waals surface area contributed by atoms with E-state index in [1.807, 2.05) is 0 Å². The second-order valence-corrected chi connectivity index (χ2v) is 4.29. The summed E-state index contributed by atoms with van der Waals surface area (Å²) in [5, 5.41) is 3.39. The summed E-state index contributed by atoms with van der Waals surface area (Å²) in [5.41, 5.74) is 2.87. The van der Waals surface area contributed by atoms with E-state index in [-0.39, 0.29) is 0 Å². The zero-order chi connectivity index (χ0) is 11.8. The Labute approximate surface area is 99.7 Å². The second kappa shape index (κ2) is 7.42. The maximum Gasteiger partial charge on any atom is 0.0233 e. The van der Waals surface area contributed by atoms with E-state index in [9.17, 15) is 0 Å². The van der Waals surface area contributed by atoms with Gasteiger partial charge in [-0.05, 0) is 37.7 Å². The van der Waals surface area contributed by atoms with Crippen LogP contribution in [-0.2, 0) is 13.1 Å². The predicted octanol–water partition coefficient (Wildman–Crippen LogP) is 2.64. The Hall–Kier alpha value is -0.860. The van der Waals surface area contributed by atoms with E-state index in [0.29, 0.717) is 0 Å². The molecule has 2 heteroatoms. The largest absolute Gasteiger partial charge is 0.313 e. The van der Waals surface area contributed by atoms with Gasteiger partial charge in [-0.1, -0.05) is 38.1 Å². The lowest BCUT2D eigenvalue weighted by atomic mass is 10.1. The van der Waals surface area contributed by atoms with Crippen molar-refractivity contribution in [2.75, 3.05) is 20.1 Å². The topological polar surface area (TPSA) is 15.3 Å². The summed E-state index contributed by atoms with van der Waals surface area (Å²) in [6.07, 6.45) is 1.21. The molecular formula is C14H24N2. The molecular weight excluding hydrogens is 196 g/mol. The maximum atomic E-state index is 3.39. The van der Waals surface area contributed by atoms with Gasteiger partial charge in [-0.15, -0.1) is 0 Å². The molecule has 90 valence electrons. The van der Waals surface area contributed by atoms with E-state index in [4.69, 9.17) is 0 Å². The van der Waals surface area contributed by atoms with E-state index >= 15 is 0 Å². The third-order valence-corrected chi connectivity index (χ3v) is 2.73. The Morgan fingerprint density at radius 2 is 1.81 bits per heavy atom. The first-order chi connectivity index (χ1) is 7.77. The number of hydrogen-bond acceptors (Lipinski definition) is 2. The second-order valence-electron chi connectivity index (χ2n) is 4.29. The van der Waals surface area contributed by atoms with E-state index in [2.05, 4.69) is 55.4 Å². The molecule has 0 heterocycles. The highest BCUT2D eigenvalue weighted by molar-refractivity contribution is 5.26. The Morgan fingerprint density at radius 3 is 2.44 bits per heavy atom. The van der Waals surface area contributed by atoms with Gasteiger partial charge in [-0.25, -0.2) is 0 Å². The molecule has 0 amide bonds. The Morgan fingerprint density at radius 1 is 1.12 bits per heavy atom. The van der Waals surface area contributed by atoms with Crippen molar-refractivity contribution in [3.63, 3.8) is 0 Å². The normalized spacial score (nSPS) is 11.0. The Bertz CT molecular complexity index is 297. The highest BCUT2D eigenvalue weighted by atomic mass is 15.1. The zero-order valence-corrected chi connectivity index (χ0v) is 10.8.